The number of likely N-dealkylation sites (tertiary alicyclic amines) is 1. The first-order valence-electron chi connectivity index (χ1n) is 11.5. The van der Waals surface area contributed by atoms with Crippen molar-refractivity contribution in [3.05, 3.63) is 64.7 Å². The van der Waals surface area contributed by atoms with Crippen molar-refractivity contribution in [1.82, 2.24) is 10.2 Å². The average molecular weight is 520 g/mol. The summed E-state index contributed by atoms with van der Waals surface area (Å²) in [4.78, 5) is 27.7. The molecule has 0 bridgehead atoms. The van der Waals surface area contributed by atoms with Crippen LogP contribution in [0.1, 0.15) is 49.0 Å². The molecular formula is C25H30ClN3O5S. The number of nitrogens with two attached hydrogens (primary N) is 1. The van der Waals surface area contributed by atoms with Gasteiger partial charge in [0, 0.05) is 35.1 Å². The second kappa shape index (κ2) is 9.20. The molecule has 4 N–H and O–H groups in total. The minimum atomic E-state index is -3.93. The number of hydrogen-bond donors (Lipinski definition) is 3. The fourth-order valence-corrected chi connectivity index (χ4v) is 5.73. The molecule has 4 rings (SSSR count). The van der Waals surface area contributed by atoms with Gasteiger partial charge in [-0.3, -0.25) is 9.59 Å². The summed E-state index contributed by atoms with van der Waals surface area (Å²) in [6.45, 7) is 4.66. The third-order valence-electron chi connectivity index (χ3n) is 7.42. The molecule has 1 saturated heterocycles. The van der Waals surface area contributed by atoms with Crippen molar-refractivity contribution in [3.8, 4) is 0 Å². The molecule has 188 valence electrons. The largest absolute Gasteiger partial charge is 0.384 e. The second-order valence-corrected chi connectivity index (χ2v) is 12.1. The molecule has 1 heterocycles. The van der Waals surface area contributed by atoms with E-state index in [4.69, 9.17) is 16.7 Å². The van der Waals surface area contributed by atoms with Crippen LogP contribution >= 0.6 is 11.6 Å². The number of benzene rings is 2. The fourth-order valence-electron chi connectivity index (χ4n) is 5.04. The van der Waals surface area contributed by atoms with E-state index >= 15 is 0 Å². The van der Waals surface area contributed by atoms with Crippen LogP contribution in [0.4, 0.5) is 0 Å². The maximum absolute atomic E-state index is 13.4. The smallest absolute Gasteiger partial charge is 0.251 e. The summed E-state index contributed by atoms with van der Waals surface area (Å²) in [7, 11) is -3.93. The molecule has 0 unspecified atom stereocenters. The second-order valence-electron chi connectivity index (χ2n) is 10.1. The van der Waals surface area contributed by atoms with Crippen LogP contribution in [0.15, 0.2) is 53.4 Å². The van der Waals surface area contributed by atoms with Crippen molar-refractivity contribution in [2.45, 2.75) is 49.6 Å². The van der Waals surface area contributed by atoms with Crippen molar-refractivity contribution < 1.29 is 23.1 Å². The first kappa shape index (κ1) is 25.6. The summed E-state index contributed by atoms with van der Waals surface area (Å²) < 4.78 is 23.2. The number of amides is 2. The summed E-state index contributed by atoms with van der Waals surface area (Å²) in [5, 5.41) is 20.2. The third kappa shape index (κ3) is 4.95. The van der Waals surface area contributed by atoms with E-state index < -0.39 is 26.9 Å². The molecule has 0 aromatic heterocycles. The molecular weight excluding hydrogens is 490 g/mol. The quantitative estimate of drug-likeness (QED) is 0.559. The predicted molar refractivity (Wildman–Crippen MR) is 132 cm³/mol. The summed E-state index contributed by atoms with van der Waals surface area (Å²) in [6.07, 6.45) is 1.69. The van der Waals surface area contributed by atoms with Gasteiger partial charge in [0.05, 0.1) is 16.4 Å². The number of aliphatic hydroxyl groups is 1. The minimum Gasteiger partial charge on any atom is -0.384 e. The molecule has 8 nitrogen and oxygen atoms in total. The number of nitrogens with zero attached hydrogens (tertiary/aromatic N) is 1. The molecule has 1 saturated carbocycles. The van der Waals surface area contributed by atoms with Gasteiger partial charge in [-0.1, -0.05) is 43.6 Å². The summed E-state index contributed by atoms with van der Waals surface area (Å²) in [5.74, 6) is -0.863. The Bertz CT molecular complexity index is 1250. The predicted octanol–water partition coefficient (Wildman–Crippen LogP) is 2.64. The van der Waals surface area contributed by atoms with Crippen molar-refractivity contribution in [2.75, 3.05) is 13.1 Å². The van der Waals surface area contributed by atoms with Gasteiger partial charge in [0.15, 0.2) is 0 Å². The highest BCUT2D eigenvalue weighted by atomic mass is 35.5. The highest BCUT2D eigenvalue weighted by Crippen LogP contribution is 2.47. The number of nitrogens with one attached hydrogen (secondary N) is 1. The van der Waals surface area contributed by atoms with E-state index in [0.29, 0.717) is 37.4 Å². The highest BCUT2D eigenvalue weighted by molar-refractivity contribution is 7.89. The Morgan fingerprint density at radius 1 is 1.14 bits per heavy atom. The van der Waals surface area contributed by atoms with Crippen LogP contribution in [0, 0.1) is 11.3 Å². The Kier molecular flexibility index (Phi) is 6.74. The lowest BCUT2D eigenvalue weighted by Gasteiger charge is -2.52. The number of carbonyl (C=O) groups excluding carboxylic acids is 2. The first-order chi connectivity index (χ1) is 16.3. The number of primary sulfonamides is 1. The SMILES string of the molecule is CC1(C)CN(C(=O)[C@H]2CC[C@H]2NC(=O)c2cccc(S(N)(=O)=O)c2)CC[C@]1(O)c1ccc(Cl)cc1. The zero-order valence-corrected chi connectivity index (χ0v) is 21.3. The lowest BCUT2D eigenvalue weighted by atomic mass is 9.66. The molecule has 1 aliphatic heterocycles. The molecule has 35 heavy (non-hydrogen) atoms. The van der Waals surface area contributed by atoms with Crippen LogP contribution in [0.3, 0.4) is 0 Å². The van der Waals surface area contributed by atoms with Gasteiger partial charge in [-0.05, 0) is 55.2 Å². The van der Waals surface area contributed by atoms with Crippen LogP contribution in [-0.4, -0.2) is 49.4 Å². The van der Waals surface area contributed by atoms with Crippen molar-refractivity contribution in [3.63, 3.8) is 0 Å². The van der Waals surface area contributed by atoms with E-state index in [9.17, 15) is 23.1 Å². The number of hydrogen-bond acceptors (Lipinski definition) is 5. The Morgan fingerprint density at radius 2 is 1.83 bits per heavy atom. The molecule has 3 atom stereocenters. The molecule has 0 spiro atoms. The van der Waals surface area contributed by atoms with Gasteiger partial charge in [-0.15, -0.1) is 0 Å². The number of rotatable bonds is 5. The maximum atomic E-state index is 13.4. The lowest BCUT2D eigenvalue weighted by Crippen LogP contribution is -2.60. The van der Waals surface area contributed by atoms with Gasteiger partial charge >= 0.3 is 0 Å². The Labute approximate surface area is 210 Å². The van der Waals surface area contributed by atoms with Crippen LogP contribution in [0.5, 0.6) is 0 Å². The van der Waals surface area contributed by atoms with E-state index in [1.807, 2.05) is 26.0 Å². The van der Waals surface area contributed by atoms with Gasteiger partial charge in [0.25, 0.3) is 5.91 Å². The standard InChI is InChI=1S/C25H30ClN3O5S/c1-24(2)15-29(13-12-25(24,32)17-6-8-18(26)9-7-17)23(31)20-10-11-21(20)28-22(30)16-4-3-5-19(14-16)35(27,33)34/h3-9,14,20-21,32H,10-13,15H2,1-2H3,(H,28,30)(H2,27,33,34)/t20-,21+,25-/m0/s1. The third-order valence-corrected chi connectivity index (χ3v) is 8.58. The average Bonchev–Trinajstić information content (AvgIpc) is 2.78. The number of sulfonamides is 1. The first-order valence-corrected chi connectivity index (χ1v) is 13.5. The maximum Gasteiger partial charge on any atom is 0.251 e. The zero-order valence-electron chi connectivity index (χ0n) is 19.7. The molecule has 2 aromatic rings. The minimum absolute atomic E-state index is 0.0499. The van der Waals surface area contributed by atoms with E-state index in [1.165, 1.54) is 24.3 Å². The number of halogens is 1. The van der Waals surface area contributed by atoms with E-state index in [-0.39, 0.29) is 28.3 Å². The molecule has 2 aromatic carbocycles. The van der Waals surface area contributed by atoms with E-state index in [1.54, 1.807) is 17.0 Å². The molecule has 0 radical (unpaired) electrons. The Hall–Kier alpha value is -2.46. The van der Waals surface area contributed by atoms with Gasteiger partial charge in [0.1, 0.15) is 0 Å². The van der Waals surface area contributed by atoms with Crippen LogP contribution in [-0.2, 0) is 20.4 Å². The summed E-state index contributed by atoms with van der Waals surface area (Å²) in [6, 6.07) is 12.3. The highest BCUT2D eigenvalue weighted by Gasteiger charge is 2.51. The van der Waals surface area contributed by atoms with E-state index in [0.717, 1.165) is 5.56 Å². The Balaban J connectivity index is 1.42. The van der Waals surface area contributed by atoms with Gasteiger partial charge in [0.2, 0.25) is 15.9 Å². The van der Waals surface area contributed by atoms with Gasteiger partial charge < -0.3 is 15.3 Å². The Morgan fingerprint density at radius 3 is 2.40 bits per heavy atom. The van der Waals surface area contributed by atoms with Crippen molar-refractivity contribution >= 4 is 33.4 Å². The summed E-state index contributed by atoms with van der Waals surface area (Å²) in [5.41, 5.74) is -0.766. The fraction of sp³-hybridized carbons (Fsp3) is 0.440. The molecule has 2 fully saturated rings. The lowest BCUT2D eigenvalue weighted by molar-refractivity contribution is -0.159. The molecule has 2 amide bonds. The van der Waals surface area contributed by atoms with Gasteiger partial charge in [-0.25, -0.2) is 13.6 Å². The van der Waals surface area contributed by atoms with Crippen LogP contribution in [0.25, 0.3) is 0 Å². The van der Waals surface area contributed by atoms with E-state index in [2.05, 4.69) is 5.32 Å². The molecule has 2 aliphatic rings. The number of piperidine rings is 1. The molecule has 10 heteroatoms. The van der Waals surface area contributed by atoms with Crippen molar-refractivity contribution in [1.29, 1.82) is 0 Å². The topological polar surface area (TPSA) is 130 Å². The number of carbonyl (C=O) groups is 2. The monoisotopic (exact) mass is 519 g/mol. The molecule has 1 aliphatic carbocycles. The normalized spacial score (nSPS) is 26.0. The zero-order chi connectivity index (χ0) is 25.6. The van der Waals surface area contributed by atoms with Crippen LogP contribution in [0.2, 0.25) is 5.02 Å². The van der Waals surface area contributed by atoms with Crippen molar-refractivity contribution in [2.24, 2.45) is 16.5 Å². The van der Waals surface area contributed by atoms with Crippen LogP contribution < -0.4 is 10.5 Å². The summed E-state index contributed by atoms with van der Waals surface area (Å²) >= 11 is 6.01. The van der Waals surface area contributed by atoms with Gasteiger partial charge in [-0.2, -0.15) is 0 Å².